The maximum absolute atomic E-state index is 3.13. The molecule has 20 atom stereocenters. The number of nitrogens with zero attached hydrogens (tertiary/aromatic N) is 3. The second kappa shape index (κ2) is 44.2. The zero-order valence-corrected chi connectivity index (χ0v) is 52.8. The van der Waals surface area contributed by atoms with E-state index >= 15 is 0 Å². The molecule has 3 nitrogen and oxygen atoms in total. The van der Waals surface area contributed by atoms with Gasteiger partial charge in [-0.25, -0.2) is 0 Å². The average Bonchev–Trinajstić information content (AvgIpc) is 4.06. The molecule has 0 amide bonds. The highest BCUT2D eigenvalue weighted by atomic mass is 15.3. The highest BCUT2D eigenvalue weighted by Gasteiger charge is 2.60. The molecule has 78 heavy (non-hydrogen) atoms. The van der Waals surface area contributed by atoms with E-state index in [0.717, 1.165) is 101 Å². The van der Waals surface area contributed by atoms with Gasteiger partial charge in [-0.2, -0.15) is 0 Å². The first kappa shape index (κ1) is 95.9. The van der Waals surface area contributed by atoms with Crippen LogP contribution in [0.1, 0.15) is 323 Å². The Bertz CT molecular complexity index is 1570. The van der Waals surface area contributed by atoms with E-state index in [1.54, 1.807) is 17.1 Å². The normalized spacial score (nSPS) is 34.8. The fraction of sp³-hybridized carbons (Fsp3) is 0.919. The molecule has 1 aromatic rings. The Morgan fingerprint density at radius 2 is 0.692 bits per heavy atom. The molecule has 0 N–H and O–H groups in total. The van der Waals surface area contributed by atoms with Crippen molar-refractivity contribution in [3.05, 3.63) is 16.7 Å². The summed E-state index contributed by atoms with van der Waals surface area (Å²) in [5.74, 6) is 14.3. The lowest BCUT2D eigenvalue weighted by atomic mass is 9.21. The number of piperidine rings is 2. The molecule has 478 valence electrons. The van der Waals surface area contributed by atoms with Gasteiger partial charge in [-0.3, -0.25) is 0 Å². The maximum atomic E-state index is 3.13. The van der Waals surface area contributed by atoms with E-state index in [4.69, 9.17) is 0 Å². The minimum Gasteiger partial charge on any atom is -0.368 e. The fourth-order valence-corrected chi connectivity index (χ4v) is 17.2. The van der Waals surface area contributed by atoms with Crippen LogP contribution in [0, 0.1) is 76.9 Å². The molecule has 2 aliphatic carbocycles. The van der Waals surface area contributed by atoms with Crippen molar-refractivity contribution in [2.24, 2.45) is 76.9 Å². The van der Waals surface area contributed by atoms with Crippen LogP contribution in [0.3, 0.4) is 0 Å². The predicted molar refractivity (Wildman–Crippen MR) is 382 cm³/mol. The van der Waals surface area contributed by atoms with E-state index in [0.29, 0.717) is 24.0 Å². The first-order valence-corrected chi connectivity index (χ1v) is 31.8. The summed E-state index contributed by atoms with van der Waals surface area (Å²) in [7, 11) is 0. The molecule has 0 bridgehead atoms. The third kappa shape index (κ3) is 16.9. The van der Waals surface area contributed by atoms with Gasteiger partial charge in [0.2, 0.25) is 0 Å². The van der Waals surface area contributed by atoms with Gasteiger partial charge in [0.1, 0.15) is 0 Å². The maximum Gasteiger partial charge on any atom is 0.154 e. The topological polar surface area (TPSA) is 9.72 Å². The van der Waals surface area contributed by atoms with Gasteiger partial charge in [0.15, 0.2) is 6.71 Å². The molecule has 4 saturated heterocycles. The van der Waals surface area contributed by atoms with Gasteiger partial charge in [-0.15, -0.1) is 0 Å². The second-order valence-corrected chi connectivity index (χ2v) is 22.2. The Balaban J connectivity index is -0.000000231. The molecule has 9 aliphatic rings. The Morgan fingerprint density at radius 3 is 1.15 bits per heavy atom. The quantitative estimate of drug-likeness (QED) is 0.240. The molecule has 0 spiro atoms. The van der Waals surface area contributed by atoms with Gasteiger partial charge in [0.25, 0.3) is 0 Å². The number of fused-ring (bicyclic) bond motifs is 15. The van der Waals surface area contributed by atoms with Gasteiger partial charge in [-0.1, -0.05) is 280 Å². The van der Waals surface area contributed by atoms with Crippen molar-refractivity contribution >= 4 is 23.8 Å². The highest BCUT2D eigenvalue weighted by Crippen LogP contribution is 2.66. The fourth-order valence-electron chi connectivity index (χ4n) is 17.2. The summed E-state index contributed by atoms with van der Waals surface area (Å²) in [6.45, 7) is 72.5. The van der Waals surface area contributed by atoms with Crippen LogP contribution in [0.5, 0.6) is 0 Å². The van der Waals surface area contributed by atoms with Gasteiger partial charge in [0.05, 0.1) is 0 Å². The van der Waals surface area contributed by atoms with E-state index in [1.165, 1.54) is 58.2 Å². The van der Waals surface area contributed by atoms with Crippen LogP contribution in [0.25, 0.3) is 0 Å². The Labute approximate surface area is 503 Å². The SMILES string of the molecule is C.C.C.C.C.C.C.C.C.CC.CC.CC.CC.CC.CC.CC.CC.CC.C[C@@H]1C[C@H](C)[C@H](C)B2[C@H](C)[C@@H]3Cc4c5c(c6c(c4N3C[C@@H]21)C[C@H]1[C@@H](C)C2[C@@H](C)[C@@H](C)C[C@@H](C)[C@H]2CN61)[C@@H](C)[C@H]1CC2[C@@H](C)[C@@H](C)C[C@@H](C)[C@H]2CN51. The first-order chi connectivity index (χ1) is 33.3. The molecule has 10 rings (SSSR count). The summed E-state index contributed by atoms with van der Waals surface area (Å²) in [4.78, 5) is 9.38. The van der Waals surface area contributed by atoms with E-state index in [2.05, 4.69) is 97.8 Å². The molecular weight excluding hydrogens is 942 g/mol. The predicted octanol–water partition coefficient (Wildman–Crippen LogP) is 25.9. The van der Waals surface area contributed by atoms with E-state index in [9.17, 15) is 0 Å². The third-order valence-corrected chi connectivity index (χ3v) is 20.3. The zero-order valence-electron chi connectivity index (χ0n) is 52.8. The highest BCUT2D eigenvalue weighted by molar-refractivity contribution is 6.64. The smallest absolute Gasteiger partial charge is 0.154 e. The molecule has 0 aromatic heterocycles. The summed E-state index contributed by atoms with van der Waals surface area (Å²) in [5, 5.41) is 0. The van der Waals surface area contributed by atoms with Gasteiger partial charge >= 0.3 is 0 Å². The van der Waals surface area contributed by atoms with Crippen LogP contribution in [0.4, 0.5) is 17.1 Å². The van der Waals surface area contributed by atoms with Crippen molar-refractivity contribution in [2.45, 2.75) is 355 Å². The number of hydrogen-bond donors (Lipinski definition) is 0. The lowest BCUT2D eigenvalue weighted by Crippen LogP contribution is -2.57. The molecule has 2 unspecified atom stereocenters. The van der Waals surface area contributed by atoms with Crippen molar-refractivity contribution in [1.82, 2.24) is 0 Å². The second-order valence-electron chi connectivity index (χ2n) is 22.2. The lowest BCUT2D eigenvalue weighted by Gasteiger charge is -2.55. The van der Waals surface area contributed by atoms with Crippen LogP contribution < -0.4 is 14.7 Å². The van der Waals surface area contributed by atoms with Crippen LogP contribution in [0.2, 0.25) is 17.5 Å². The molecule has 4 heteroatoms. The molecule has 1 aromatic carbocycles. The van der Waals surface area contributed by atoms with Crippen LogP contribution in [-0.4, -0.2) is 44.5 Å². The molecular formula is C74H164BN3. The van der Waals surface area contributed by atoms with E-state index < -0.39 is 0 Å². The summed E-state index contributed by atoms with van der Waals surface area (Å²) < 4.78 is 0. The minimum absolute atomic E-state index is 0. The summed E-state index contributed by atoms with van der Waals surface area (Å²) >= 11 is 0. The number of benzene rings is 1. The van der Waals surface area contributed by atoms with Crippen molar-refractivity contribution in [1.29, 1.82) is 0 Å². The minimum atomic E-state index is 0. The molecule has 0 radical (unpaired) electrons. The van der Waals surface area contributed by atoms with Crippen molar-refractivity contribution in [3.63, 3.8) is 0 Å². The Morgan fingerprint density at radius 1 is 0.321 bits per heavy atom. The third-order valence-electron chi connectivity index (χ3n) is 20.3. The Hall–Kier alpha value is -1.32. The number of hydrogen-bond acceptors (Lipinski definition) is 3. The monoisotopic (exact) mass is 1110 g/mol. The zero-order chi connectivity index (χ0) is 53.7. The van der Waals surface area contributed by atoms with Crippen molar-refractivity contribution < 1.29 is 0 Å². The lowest BCUT2D eigenvalue weighted by molar-refractivity contribution is 0.000436. The largest absolute Gasteiger partial charge is 0.368 e. The van der Waals surface area contributed by atoms with E-state index in [-0.39, 0.29) is 66.8 Å². The van der Waals surface area contributed by atoms with Crippen molar-refractivity contribution in [2.75, 3.05) is 34.3 Å². The standard InChI is InChI=1S/C47H74BN3.9C2H6.9CH4/c1-22-13-25(4)37-19-49-40(16-34(37)28(22)7)31(10)44-46-35(17-41-30(9)43-29(8)23(2)14-26(5)38(43)20-50(41)46)45-36(47(44)49)18-42-33(12)48-32(11)24(3)15-27(6)39(48)21-51(42)45;9*1-2;;;;;;;;;/h22-34,37-43H,13-21H2,1-12H3;9*1-2H3;9*1H4/t22-,23-,24-,25+,26+,27+,28-,29-,30+,31-,32-,33+,34?,37+,38+,39+,40+,41-,42-,43?;;;;;;;;;;;;;;;;;;/m0................../s1. The molecule has 6 fully saturated rings. The van der Waals surface area contributed by atoms with Gasteiger partial charge < -0.3 is 14.7 Å². The summed E-state index contributed by atoms with van der Waals surface area (Å²) in [6.07, 6.45) is 8.35. The van der Waals surface area contributed by atoms with E-state index in [1.807, 2.05) is 141 Å². The van der Waals surface area contributed by atoms with Gasteiger partial charge in [0, 0.05) is 77.4 Å². The molecule has 7 aliphatic heterocycles. The number of anilines is 3. The van der Waals surface area contributed by atoms with Crippen LogP contribution >= 0.6 is 0 Å². The average molecular weight is 1110 g/mol. The van der Waals surface area contributed by atoms with Gasteiger partial charge in [-0.05, 0) is 127 Å². The molecule has 7 heterocycles. The summed E-state index contributed by atoms with van der Waals surface area (Å²) in [6, 6.07) is 2.07. The first-order valence-electron chi connectivity index (χ1n) is 31.8. The number of rotatable bonds is 0. The molecule has 2 saturated carbocycles. The van der Waals surface area contributed by atoms with Crippen molar-refractivity contribution in [3.8, 4) is 0 Å². The summed E-state index contributed by atoms with van der Waals surface area (Å²) in [5.41, 5.74) is 10.9. The van der Waals surface area contributed by atoms with Crippen LogP contribution in [-0.2, 0) is 12.8 Å². The Kier molecular flexibility index (Phi) is 54.4. The van der Waals surface area contributed by atoms with Crippen LogP contribution in [0.15, 0.2) is 0 Å².